The van der Waals surface area contributed by atoms with Crippen molar-refractivity contribution in [1.82, 2.24) is 5.32 Å². The standard InChI is InChI=1S/C14H22N2/c1-6-11-16(14(3,4)15-5)13-10-8-7-9-12(13)2/h6-11,15H,1-5H3/b11-6-. The summed E-state index contributed by atoms with van der Waals surface area (Å²) in [6.07, 6.45) is 4.17. The fourth-order valence-corrected chi connectivity index (χ4v) is 1.67. The molecule has 1 aromatic rings. The summed E-state index contributed by atoms with van der Waals surface area (Å²) in [5.74, 6) is 0. The van der Waals surface area contributed by atoms with Gasteiger partial charge in [-0.05, 0) is 46.4 Å². The predicted octanol–water partition coefficient (Wildman–Crippen LogP) is 3.29. The number of benzene rings is 1. The van der Waals surface area contributed by atoms with Crippen molar-refractivity contribution in [2.45, 2.75) is 33.4 Å². The first-order valence-electron chi connectivity index (χ1n) is 5.69. The molecule has 0 aromatic heterocycles. The van der Waals surface area contributed by atoms with E-state index in [0.29, 0.717) is 0 Å². The third kappa shape index (κ3) is 2.64. The highest BCUT2D eigenvalue weighted by atomic mass is 15.3. The number of aryl methyl sites for hydroxylation is 1. The van der Waals surface area contributed by atoms with E-state index in [1.165, 1.54) is 11.3 Å². The van der Waals surface area contributed by atoms with E-state index in [9.17, 15) is 0 Å². The van der Waals surface area contributed by atoms with Gasteiger partial charge in [0.05, 0.1) is 5.66 Å². The van der Waals surface area contributed by atoms with E-state index in [-0.39, 0.29) is 5.66 Å². The fourth-order valence-electron chi connectivity index (χ4n) is 1.67. The Bertz CT molecular complexity index is 367. The van der Waals surface area contributed by atoms with Crippen molar-refractivity contribution in [3.05, 3.63) is 42.1 Å². The van der Waals surface area contributed by atoms with Crippen LogP contribution in [0.15, 0.2) is 36.5 Å². The molecule has 2 nitrogen and oxygen atoms in total. The second-order valence-corrected chi connectivity index (χ2v) is 4.45. The van der Waals surface area contributed by atoms with Crippen LogP contribution in [0.5, 0.6) is 0 Å². The van der Waals surface area contributed by atoms with Gasteiger partial charge in [-0.1, -0.05) is 24.3 Å². The van der Waals surface area contributed by atoms with E-state index < -0.39 is 0 Å². The Kier molecular flexibility index (Phi) is 4.13. The number of hydrogen-bond acceptors (Lipinski definition) is 2. The summed E-state index contributed by atoms with van der Waals surface area (Å²) in [6.45, 7) is 8.51. The average Bonchev–Trinajstić information content (AvgIpc) is 2.27. The summed E-state index contributed by atoms with van der Waals surface area (Å²) in [5.41, 5.74) is 2.42. The van der Waals surface area contributed by atoms with E-state index in [1.54, 1.807) is 0 Å². The van der Waals surface area contributed by atoms with E-state index in [1.807, 2.05) is 14.0 Å². The molecule has 0 heterocycles. The number of anilines is 1. The summed E-state index contributed by atoms with van der Waals surface area (Å²) in [5, 5.41) is 3.33. The van der Waals surface area contributed by atoms with Gasteiger partial charge in [0, 0.05) is 11.9 Å². The molecule has 0 radical (unpaired) electrons. The van der Waals surface area contributed by atoms with Gasteiger partial charge in [-0.15, -0.1) is 0 Å². The number of para-hydroxylation sites is 1. The molecule has 88 valence electrons. The molecule has 0 fully saturated rings. The Labute approximate surface area is 99.0 Å². The molecule has 2 heteroatoms. The molecule has 0 bridgehead atoms. The van der Waals surface area contributed by atoms with Crippen LogP contribution in [0.2, 0.25) is 0 Å². The van der Waals surface area contributed by atoms with Crippen LogP contribution in [-0.2, 0) is 0 Å². The molecular formula is C14H22N2. The molecule has 0 aliphatic heterocycles. The lowest BCUT2D eigenvalue weighted by Crippen LogP contribution is -2.51. The highest BCUT2D eigenvalue weighted by Gasteiger charge is 2.23. The predicted molar refractivity (Wildman–Crippen MR) is 71.6 cm³/mol. The zero-order chi connectivity index (χ0) is 12.2. The molecule has 16 heavy (non-hydrogen) atoms. The van der Waals surface area contributed by atoms with E-state index in [0.717, 1.165) is 0 Å². The van der Waals surface area contributed by atoms with Crippen LogP contribution in [0.25, 0.3) is 0 Å². The lowest BCUT2D eigenvalue weighted by molar-refractivity contribution is 0.429. The minimum absolute atomic E-state index is 0.0986. The zero-order valence-electron chi connectivity index (χ0n) is 10.9. The lowest BCUT2D eigenvalue weighted by atomic mass is 10.1. The highest BCUT2D eigenvalue weighted by Crippen LogP contribution is 2.25. The molecule has 0 unspecified atom stereocenters. The van der Waals surface area contributed by atoms with Crippen molar-refractivity contribution in [3.8, 4) is 0 Å². The third-order valence-corrected chi connectivity index (χ3v) is 2.89. The largest absolute Gasteiger partial charge is 0.330 e. The second kappa shape index (κ2) is 5.17. The van der Waals surface area contributed by atoms with Gasteiger partial charge in [-0.3, -0.25) is 5.32 Å². The Hall–Kier alpha value is -1.28. The molecule has 0 aliphatic carbocycles. The van der Waals surface area contributed by atoms with Crippen molar-refractivity contribution in [2.24, 2.45) is 0 Å². The smallest absolute Gasteiger partial charge is 0.0891 e. The Morgan fingerprint density at radius 2 is 1.88 bits per heavy atom. The van der Waals surface area contributed by atoms with Crippen molar-refractivity contribution >= 4 is 5.69 Å². The summed E-state index contributed by atoms with van der Waals surface area (Å²) >= 11 is 0. The minimum Gasteiger partial charge on any atom is -0.330 e. The van der Waals surface area contributed by atoms with Gasteiger partial charge in [-0.2, -0.15) is 0 Å². The van der Waals surface area contributed by atoms with Crippen LogP contribution in [0.3, 0.4) is 0 Å². The molecule has 0 saturated heterocycles. The second-order valence-electron chi connectivity index (χ2n) is 4.45. The monoisotopic (exact) mass is 218 g/mol. The fraction of sp³-hybridized carbons (Fsp3) is 0.429. The molecule has 0 atom stereocenters. The highest BCUT2D eigenvalue weighted by molar-refractivity contribution is 5.57. The number of nitrogens with one attached hydrogen (secondary N) is 1. The third-order valence-electron chi connectivity index (χ3n) is 2.89. The Morgan fingerprint density at radius 1 is 1.25 bits per heavy atom. The number of rotatable bonds is 4. The molecule has 0 amide bonds. The first kappa shape index (κ1) is 12.8. The van der Waals surface area contributed by atoms with Gasteiger partial charge in [-0.25, -0.2) is 0 Å². The van der Waals surface area contributed by atoms with Gasteiger partial charge in [0.15, 0.2) is 0 Å². The molecule has 1 aromatic carbocycles. The first-order valence-corrected chi connectivity index (χ1v) is 5.69. The number of hydrogen-bond donors (Lipinski definition) is 1. The maximum Gasteiger partial charge on any atom is 0.0891 e. The SMILES string of the molecule is C/C=C\N(c1ccccc1C)C(C)(C)NC. The van der Waals surface area contributed by atoms with E-state index >= 15 is 0 Å². The summed E-state index contributed by atoms with van der Waals surface area (Å²) in [6, 6.07) is 8.43. The minimum atomic E-state index is -0.0986. The maximum atomic E-state index is 3.33. The molecule has 1 N–H and O–H groups in total. The Balaban J connectivity index is 3.18. The maximum absolute atomic E-state index is 3.33. The van der Waals surface area contributed by atoms with Crippen molar-refractivity contribution < 1.29 is 0 Å². The van der Waals surface area contributed by atoms with Gasteiger partial charge in [0.2, 0.25) is 0 Å². The van der Waals surface area contributed by atoms with Crippen LogP contribution in [-0.4, -0.2) is 12.7 Å². The molecule has 0 saturated carbocycles. The number of nitrogens with zero attached hydrogens (tertiary/aromatic N) is 1. The van der Waals surface area contributed by atoms with Crippen LogP contribution >= 0.6 is 0 Å². The molecular weight excluding hydrogens is 196 g/mol. The first-order chi connectivity index (χ1) is 7.53. The molecule has 1 rings (SSSR count). The lowest BCUT2D eigenvalue weighted by Gasteiger charge is -2.38. The van der Waals surface area contributed by atoms with E-state index in [4.69, 9.17) is 0 Å². The average molecular weight is 218 g/mol. The summed E-state index contributed by atoms with van der Waals surface area (Å²) in [7, 11) is 1.98. The van der Waals surface area contributed by atoms with Crippen LogP contribution < -0.4 is 10.2 Å². The van der Waals surface area contributed by atoms with E-state index in [2.05, 4.69) is 67.5 Å². The van der Waals surface area contributed by atoms with Crippen molar-refractivity contribution in [3.63, 3.8) is 0 Å². The zero-order valence-corrected chi connectivity index (χ0v) is 10.9. The van der Waals surface area contributed by atoms with Crippen molar-refractivity contribution in [1.29, 1.82) is 0 Å². The van der Waals surface area contributed by atoms with Crippen molar-refractivity contribution in [2.75, 3.05) is 11.9 Å². The summed E-state index contributed by atoms with van der Waals surface area (Å²) in [4.78, 5) is 2.25. The van der Waals surface area contributed by atoms with Gasteiger partial charge in [0.1, 0.15) is 0 Å². The quantitative estimate of drug-likeness (QED) is 0.780. The van der Waals surface area contributed by atoms with Gasteiger partial charge >= 0.3 is 0 Å². The molecule has 0 aliphatic rings. The van der Waals surface area contributed by atoms with Crippen LogP contribution in [0.4, 0.5) is 5.69 Å². The van der Waals surface area contributed by atoms with Gasteiger partial charge < -0.3 is 4.90 Å². The number of allylic oxidation sites excluding steroid dienone is 1. The summed E-state index contributed by atoms with van der Waals surface area (Å²) < 4.78 is 0. The Morgan fingerprint density at radius 3 is 2.38 bits per heavy atom. The topological polar surface area (TPSA) is 15.3 Å². The normalized spacial score (nSPS) is 12.1. The molecule has 0 spiro atoms. The van der Waals surface area contributed by atoms with Crippen LogP contribution in [0, 0.1) is 6.92 Å². The van der Waals surface area contributed by atoms with Gasteiger partial charge in [0.25, 0.3) is 0 Å². The van der Waals surface area contributed by atoms with Crippen LogP contribution in [0.1, 0.15) is 26.3 Å².